The van der Waals surface area contributed by atoms with Gasteiger partial charge in [-0.15, -0.1) is 0 Å². The Hall–Kier alpha value is -1.10. The molecule has 0 spiro atoms. The quantitative estimate of drug-likeness (QED) is 0.833. The van der Waals surface area contributed by atoms with E-state index in [2.05, 4.69) is 17.0 Å². The molecule has 2 aliphatic rings. The summed E-state index contributed by atoms with van der Waals surface area (Å²) in [7, 11) is 3.51. The van der Waals surface area contributed by atoms with E-state index in [-0.39, 0.29) is 12.0 Å². The number of nitrogens with zero attached hydrogens (tertiary/aromatic N) is 1. The highest BCUT2D eigenvalue weighted by Crippen LogP contribution is 2.36. The number of fused-ring (bicyclic) bond motifs is 1. The van der Waals surface area contributed by atoms with E-state index in [1.807, 2.05) is 0 Å². The van der Waals surface area contributed by atoms with E-state index in [0.717, 1.165) is 51.3 Å². The second-order valence-corrected chi connectivity index (χ2v) is 7.50. The maximum absolute atomic E-state index is 9.97. The van der Waals surface area contributed by atoms with Crippen LogP contribution in [0.5, 0.6) is 5.75 Å². The van der Waals surface area contributed by atoms with Gasteiger partial charge in [0.25, 0.3) is 0 Å². The van der Waals surface area contributed by atoms with Gasteiger partial charge in [-0.3, -0.25) is 4.90 Å². The summed E-state index contributed by atoms with van der Waals surface area (Å²) in [4.78, 5) is 2.48. The number of methoxy groups -OCH3 is 2. The molecule has 0 amide bonds. The molecule has 1 heterocycles. The van der Waals surface area contributed by atoms with Gasteiger partial charge < -0.3 is 14.6 Å². The molecule has 1 fully saturated rings. The maximum Gasteiger partial charge on any atom is 0.123 e. The summed E-state index contributed by atoms with van der Waals surface area (Å²) < 4.78 is 10.9. The zero-order valence-corrected chi connectivity index (χ0v) is 15.1. The Balaban J connectivity index is 1.73. The minimum absolute atomic E-state index is 0.0157. The first-order valence-electron chi connectivity index (χ1n) is 9.20. The van der Waals surface area contributed by atoms with Crippen molar-refractivity contribution < 1.29 is 14.6 Å². The average Bonchev–Trinajstić information content (AvgIpc) is 3.07. The number of hydrogen-bond donors (Lipinski definition) is 1. The lowest BCUT2D eigenvalue weighted by atomic mass is 9.78. The number of benzene rings is 1. The second-order valence-electron chi connectivity index (χ2n) is 7.50. The van der Waals surface area contributed by atoms with Gasteiger partial charge >= 0.3 is 0 Å². The molecule has 24 heavy (non-hydrogen) atoms. The summed E-state index contributed by atoms with van der Waals surface area (Å²) in [6.45, 7) is 3.90. The lowest BCUT2D eigenvalue weighted by Gasteiger charge is -2.42. The van der Waals surface area contributed by atoms with Gasteiger partial charge in [0.1, 0.15) is 5.75 Å². The topological polar surface area (TPSA) is 41.9 Å². The summed E-state index contributed by atoms with van der Waals surface area (Å²) in [5.41, 5.74) is 4.23. The highest BCUT2D eigenvalue weighted by molar-refractivity contribution is 5.44. The van der Waals surface area contributed by atoms with Crippen LogP contribution in [0.4, 0.5) is 0 Å². The highest BCUT2D eigenvalue weighted by Gasteiger charge is 2.35. The van der Waals surface area contributed by atoms with Gasteiger partial charge in [0.05, 0.1) is 13.7 Å². The lowest BCUT2D eigenvalue weighted by molar-refractivity contribution is 0.00456. The summed E-state index contributed by atoms with van der Waals surface area (Å²) in [6.07, 6.45) is 6.79. The number of aliphatic hydroxyl groups excluding tert-OH is 1. The number of rotatable bonds is 7. The largest absolute Gasteiger partial charge is 0.496 e. The van der Waals surface area contributed by atoms with Crippen molar-refractivity contribution in [1.82, 2.24) is 4.90 Å². The molecule has 0 saturated carbocycles. The van der Waals surface area contributed by atoms with Gasteiger partial charge in [0, 0.05) is 37.8 Å². The minimum atomic E-state index is -0.0157. The van der Waals surface area contributed by atoms with Crippen molar-refractivity contribution in [3.8, 4) is 5.75 Å². The van der Waals surface area contributed by atoms with E-state index in [4.69, 9.17) is 9.47 Å². The standard InChI is InChI=1S/C20H31NO3/c1-23-10-8-20(15-22)7-4-9-21(14-20)13-18-11-16-5-3-6-17(16)12-19(18)24-2/h11-12,22H,3-10,13-15H2,1-2H3/t20-/m0/s1. The molecule has 0 aromatic heterocycles. The van der Waals surface area contributed by atoms with E-state index < -0.39 is 0 Å². The third kappa shape index (κ3) is 3.76. The predicted octanol–water partition coefficient (Wildman–Crippen LogP) is 2.79. The first-order valence-corrected chi connectivity index (χ1v) is 9.20. The van der Waals surface area contributed by atoms with Crippen molar-refractivity contribution in [2.75, 3.05) is 40.5 Å². The van der Waals surface area contributed by atoms with Gasteiger partial charge in [0.2, 0.25) is 0 Å². The predicted molar refractivity (Wildman–Crippen MR) is 95.5 cm³/mol. The zero-order chi connectivity index (χ0) is 17.0. The fourth-order valence-corrected chi connectivity index (χ4v) is 4.38. The lowest BCUT2D eigenvalue weighted by Crippen LogP contribution is -2.45. The van der Waals surface area contributed by atoms with Crippen LogP contribution in [0.15, 0.2) is 12.1 Å². The van der Waals surface area contributed by atoms with Gasteiger partial charge in [-0.25, -0.2) is 0 Å². The Morgan fingerprint density at radius 1 is 1.17 bits per heavy atom. The number of aliphatic hydroxyl groups is 1. The van der Waals surface area contributed by atoms with Crippen molar-refractivity contribution in [3.05, 3.63) is 28.8 Å². The van der Waals surface area contributed by atoms with Crippen LogP contribution in [-0.4, -0.2) is 50.5 Å². The van der Waals surface area contributed by atoms with Crippen molar-refractivity contribution in [1.29, 1.82) is 0 Å². The minimum Gasteiger partial charge on any atom is -0.496 e. The SMILES string of the molecule is COCC[C@@]1(CO)CCCN(Cc2cc3c(cc2OC)CCC3)C1. The van der Waals surface area contributed by atoms with Crippen LogP contribution in [0.3, 0.4) is 0 Å². The highest BCUT2D eigenvalue weighted by atomic mass is 16.5. The average molecular weight is 333 g/mol. The summed E-state index contributed by atoms with van der Waals surface area (Å²) in [5.74, 6) is 1.02. The molecule has 134 valence electrons. The van der Waals surface area contributed by atoms with Crippen LogP contribution in [0.2, 0.25) is 0 Å². The summed E-state index contributed by atoms with van der Waals surface area (Å²) in [6, 6.07) is 4.59. The Kier molecular flexibility index (Phi) is 5.80. The number of piperidine rings is 1. The Morgan fingerprint density at radius 2 is 1.96 bits per heavy atom. The van der Waals surface area contributed by atoms with Crippen LogP contribution >= 0.6 is 0 Å². The van der Waals surface area contributed by atoms with Crippen LogP contribution in [-0.2, 0) is 24.1 Å². The number of ether oxygens (including phenoxy) is 2. The fraction of sp³-hybridized carbons (Fsp3) is 0.700. The van der Waals surface area contributed by atoms with E-state index in [0.29, 0.717) is 0 Å². The molecule has 4 nitrogen and oxygen atoms in total. The maximum atomic E-state index is 9.97. The molecular weight excluding hydrogens is 302 g/mol. The van der Waals surface area contributed by atoms with E-state index in [1.54, 1.807) is 14.2 Å². The molecule has 1 saturated heterocycles. The van der Waals surface area contributed by atoms with Crippen LogP contribution < -0.4 is 4.74 Å². The first kappa shape index (κ1) is 17.7. The Morgan fingerprint density at radius 3 is 2.67 bits per heavy atom. The van der Waals surface area contributed by atoms with Gasteiger partial charge in [-0.05, 0) is 62.3 Å². The second kappa shape index (κ2) is 7.85. The van der Waals surface area contributed by atoms with Crippen LogP contribution in [0.1, 0.15) is 42.4 Å². The monoisotopic (exact) mass is 333 g/mol. The normalized spacial score (nSPS) is 24.1. The third-order valence-electron chi connectivity index (χ3n) is 5.80. The van der Waals surface area contributed by atoms with Crippen molar-refractivity contribution in [2.45, 2.75) is 45.1 Å². The molecule has 4 heteroatoms. The molecule has 1 aliphatic carbocycles. The molecule has 3 rings (SSSR count). The Bertz CT molecular complexity index is 560. The molecule has 1 aromatic rings. The van der Waals surface area contributed by atoms with E-state index in [1.165, 1.54) is 36.0 Å². The summed E-state index contributed by atoms with van der Waals surface area (Å²) in [5, 5.41) is 9.97. The molecule has 1 aromatic carbocycles. The third-order valence-corrected chi connectivity index (χ3v) is 5.80. The van der Waals surface area contributed by atoms with Crippen molar-refractivity contribution >= 4 is 0 Å². The van der Waals surface area contributed by atoms with Crippen molar-refractivity contribution in [3.63, 3.8) is 0 Å². The summed E-state index contributed by atoms with van der Waals surface area (Å²) >= 11 is 0. The smallest absolute Gasteiger partial charge is 0.123 e. The van der Waals surface area contributed by atoms with Crippen molar-refractivity contribution in [2.24, 2.45) is 5.41 Å². The van der Waals surface area contributed by atoms with E-state index in [9.17, 15) is 5.11 Å². The number of aryl methyl sites for hydroxylation is 2. The molecular formula is C20H31NO3. The molecule has 1 aliphatic heterocycles. The van der Waals surface area contributed by atoms with Gasteiger partial charge in [-0.2, -0.15) is 0 Å². The molecule has 1 atom stereocenters. The number of likely N-dealkylation sites (tertiary alicyclic amines) is 1. The van der Waals surface area contributed by atoms with Gasteiger partial charge in [0.15, 0.2) is 0 Å². The molecule has 0 unspecified atom stereocenters. The van der Waals surface area contributed by atoms with Crippen LogP contribution in [0.25, 0.3) is 0 Å². The Labute approximate surface area is 145 Å². The first-order chi connectivity index (χ1) is 11.7. The van der Waals surface area contributed by atoms with E-state index >= 15 is 0 Å². The number of hydrogen-bond acceptors (Lipinski definition) is 4. The fourth-order valence-electron chi connectivity index (χ4n) is 4.38. The van der Waals surface area contributed by atoms with Crippen LogP contribution in [0, 0.1) is 5.41 Å². The molecule has 1 N–H and O–H groups in total. The zero-order valence-electron chi connectivity index (χ0n) is 15.1. The molecule has 0 bridgehead atoms. The van der Waals surface area contributed by atoms with Gasteiger partial charge in [-0.1, -0.05) is 6.07 Å². The molecule has 0 radical (unpaired) electrons.